The van der Waals surface area contributed by atoms with Gasteiger partial charge in [0.05, 0.1) is 27.3 Å². The summed E-state index contributed by atoms with van der Waals surface area (Å²) < 4.78 is 12.9. The van der Waals surface area contributed by atoms with Crippen molar-refractivity contribution in [3.63, 3.8) is 0 Å². The maximum atomic E-state index is 5.40. The van der Waals surface area contributed by atoms with Crippen LogP contribution in [0, 0.1) is 2.88 Å². The van der Waals surface area contributed by atoms with Crippen molar-refractivity contribution in [3.05, 3.63) is 39.0 Å². The van der Waals surface area contributed by atoms with E-state index in [1.54, 1.807) is 31.9 Å². The number of aromatic nitrogens is 2. The molecule has 5 nitrogen and oxygen atoms in total. The lowest BCUT2D eigenvalue weighted by atomic mass is 10.2. The molecule has 0 saturated heterocycles. The molecule has 0 bridgehead atoms. The zero-order valence-corrected chi connectivity index (χ0v) is 15.1. The predicted octanol–water partition coefficient (Wildman–Crippen LogP) is 3.93. The Hall–Kier alpha value is -1.61. The highest BCUT2D eigenvalue weighted by Crippen LogP contribution is 2.31. The molecular formula is C15H14IN3O2S. The molecule has 7 heteroatoms. The van der Waals surface area contributed by atoms with Gasteiger partial charge in [-0.3, -0.25) is 0 Å². The predicted molar refractivity (Wildman–Crippen MR) is 97.0 cm³/mol. The third kappa shape index (κ3) is 3.09. The lowest BCUT2D eigenvalue weighted by Crippen LogP contribution is -2.04. The molecule has 2 aromatic heterocycles. The van der Waals surface area contributed by atoms with E-state index in [4.69, 9.17) is 9.47 Å². The molecule has 3 aromatic rings. The fourth-order valence-electron chi connectivity index (χ4n) is 2.15. The minimum absolute atomic E-state index is 0.598. The summed E-state index contributed by atoms with van der Waals surface area (Å²) in [7, 11) is 3.32. The van der Waals surface area contributed by atoms with Crippen LogP contribution >= 0.6 is 33.9 Å². The second-order valence-electron chi connectivity index (χ2n) is 4.52. The van der Waals surface area contributed by atoms with Crippen LogP contribution < -0.4 is 14.8 Å². The number of nitrogens with zero attached hydrogens (tertiary/aromatic N) is 2. The van der Waals surface area contributed by atoms with Gasteiger partial charge in [0.2, 0.25) is 0 Å². The van der Waals surface area contributed by atoms with Crippen molar-refractivity contribution in [2.75, 3.05) is 19.5 Å². The lowest BCUT2D eigenvalue weighted by Gasteiger charge is -2.12. The molecule has 114 valence electrons. The number of rotatable bonds is 5. The molecular weight excluding hydrogens is 413 g/mol. The monoisotopic (exact) mass is 427 g/mol. The van der Waals surface area contributed by atoms with Crippen LogP contribution in [0.25, 0.3) is 10.2 Å². The zero-order chi connectivity index (χ0) is 15.5. The van der Waals surface area contributed by atoms with Gasteiger partial charge in [0.1, 0.15) is 23.6 Å². The number of hydrogen-bond acceptors (Lipinski definition) is 6. The largest absolute Gasteiger partial charge is 0.497 e. The van der Waals surface area contributed by atoms with E-state index in [9.17, 15) is 0 Å². The van der Waals surface area contributed by atoms with Crippen molar-refractivity contribution >= 4 is 50.0 Å². The topological polar surface area (TPSA) is 56.3 Å². The number of thiophene rings is 1. The van der Waals surface area contributed by atoms with Crippen LogP contribution in [0.2, 0.25) is 0 Å². The van der Waals surface area contributed by atoms with E-state index in [-0.39, 0.29) is 0 Å². The summed E-state index contributed by atoms with van der Waals surface area (Å²) in [5, 5.41) is 3.36. The molecule has 1 N–H and O–H groups in total. The molecule has 0 spiro atoms. The van der Waals surface area contributed by atoms with E-state index < -0.39 is 0 Å². The number of anilines is 1. The van der Waals surface area contributed by atoms with Crippen molar-refractivity contribution in [3.8, 4) is 11.5 Å². The summed E-state index contributed by atoms with van der Waals surface area (Å²) in [5.41, 5.74) is 1.98. The summed E-state index contributed by atoms with van der Waals surface area (Å²) in [6.45, 7) is 0.598. The van der Waals surface area contributed by atoms with Crippen LogP contribution in [0.1, 0.15) is 5.56 Å². The first-order chi connectivity index (χ1) is 10.7. The minimum atomic E-state index is 0.598. The molecule has 0 atom stereocenters. The van der Waals surface area contributed by atoms with E-state index in [1.165, 1.54) is 2.88 Å². The Kier molecular flexibility index (Phi) is 4.63. The van der Waals surface area contributed by atoms with Crippen LogP contribution in [-0.2, 0) is 6.54 Å². The molecule has 0 amide bonds. The third-order valence-electron chi connectivity index (χ3n) is 3.21. The van der Waals surface area contributed by atoms with Gasteiger partial charge in [0.25, 0.3) is 0 Å². The minimum Gasteiger partial charge on any atom is -0.497 e. The maximum Gasteiger partial charge on any atom is 0.147 e. The Balaban J connectivity index is 1.87. The third-order valence-corrected chi connectivity index (χ3v) is 5.11. The first-order valence-electron chi connectivity index (χ1n) is 6.56. The van der Waals surface area contributed by atoms with Crippen LogP contribution in [0.3, 0.4) is 0 Å². The molecule has 22 heavy (non-hydrogen) atoms. The van der Waals surface area contributed by atoms with E-state index >= 15 is 0 Å². The number of ether oxygens (including phenoxy) is 2. The van der Waals surface area contributed by atoms with E-state index in [0.29, 0.717) is 6.54 Å². The van der Waals surface area contributed by atoms with Gasteiger partial charge in [-0.1, -0.05) is 0 Å². The molecule has 0 saturated carbocycles. The number of halogens is 1. The molecule has 3 rings (SSSR count). The summed E-state index contributed by atoms with van der Waals surface area (Å²) >= 11 is 3.97. The number of benzene rings is 1. The number of fused-ring (bicyclic) bond motifs is 1. The first kappa shape index (κ1) is 15.3. The zero-order valence-electron chi connectivity index (χ0n) is 12.1. The van der Waals surface area contributed by atoms with Gasteiger partial charge in [0.15, 0.2) is 0 Å². The van der Waals surface area contributed by atoms with Crippen molar-refractivity contribution in [1.82, 2.24) is 9.97 Å². The Morgan fingerprint density at radius 1 is 1.18 bits per heavy atom. The Morgan fingerprint density at radius 2 is 2.05 bits per heavy atom. The molecule has 0 radical (unpaired) electrons. The van der Waals surface area contributed by atoms with Crippen molar-refractivity contribution in [1.29, 1.82) is 0 Å². The second kappa shape index (κ2) is 6.66. The number of hydrogen-bond donors (Lipinski definition) is 1. The quantitative estimate of drug-likeness (QED) is 0.626. The highest BCUT2D eigenvalue weighted by molar-refractivity contribution is 14.1. The summed E-state index contributed by atoms with van der Waals surface area (Å²) in [4.78, 5) is 8.63. The van der Waals surface area contributed by atoms with E-state index in [0.717, 1.165) is 33.1 Å². The fourth-order valence-corrected chi connectivity index (χ4v) is 3.91. The first-order valence-corrected chi connectivity index (χ1v) is 8.45. The van der Waals surface area contributed by atoms with Crippen LogP contribution in [-0.4, -0.2) is 24.2 Å². The second-order valence-corrected chi connectivity index (χ2v) is 7.46. The van der Waals surface area contributed by atoms with E-state index in [2.05, 4.69) is 43.9 Å². The standard InChI is InChI=1S/C15H14IN3O2S/c1-20-10-3-4-12(21-2)9(5-10)7-17-15-14-11(18-8-19-15)6-13(16)22-14/h3-6,8H,7H2,1-2H3,(H,17,18,19). The Bertz CT molecular complexity index is 807. The lowest BCUT2D eigenvalue weighted by molar-refractivity contribution is 0.399. The fraction of sp³-hybridized carbons (Fsp3) is 0.200. The Labute approximate surface area is 145 Å². The number of methoxy groups -OCH3 is 2. The average Bonchev–Trinajstić information content (AvgIpc) is 2.93. The summed E-state index contributed by atoms with van der Waals surface area (Å²) in [6.07, 6.45) is 1.58. The average molecular weight is 427 g/mol. The van der Waals surface area contributed by atoms with Gasteiger partial charge in [0, 0.05) is 12.1 Å². The van der Waals surface area contributed by atoms with Gasteiger partial charge < -0.3 is 14.8 Å². The molecule has 0 aliphatic rings. The molecule has 1 aromatic carbocycles. The van der Waals surface area contributed by atoms with Gasteiger partial charge in [-0.25, -0.2) is 9.97 Å². The highest BCUT2D eigenvalue weighted by Gasteiger charge is 2.09. The van der Waals surface area contributed by atoms with Crippen LogP contribution in [0.5, 0.6) is 11.5 Å². The SMILES string of the molecule is COc1ccc(OC)c(CNc2ncnc3cc(I)sc23)c1. The van der Waals surface area contributed by atoms with Crippen LogP contribution in [0.4, 0.5) is 5.82 Å². The van der Waals surface area contributed by atoms with Gasteiger partial charge in [-0.15, -0.1) is 11.3 Å². The van der Waals surface area contributed by atoms with Crippen molar-refractivity contribution in [2.24, 2.45) is 0 Å². The van der Waals surface area contributed by atoms with Crippen LogP contribution in [0.15, 0.2) is 30.6 Å². The molecule has 0 aliphatic heterocycles. The maximum absolute atomic E-state index is 5.40. The van der Waals surface area contributed by atoms with Gasteiger partial charge >= 0.3 is 0 Å². The smallest absolute Gasteiger partial charge is 0.147 e. The number of nitrogens with one attached hydrogen (secondary N) is 1. The van der Waals surface area contributed by atoms with Gasteiger partial charge in [-0.2, -0.15) is 0 Å². The van der Waals surface area contributed by atoms with E-state index in [1.807, 2.05) is 18.2 Å². The van der Waals surface area contributed by atoms with Crippen molar-refractivity contribution < 1.29 is 9.47 Å². The molecule has 0 fully saturated rings. The summed E-state index contributed by atoms with van der Waals surface area (Å²) in [6, 6.07) is 7.80. The van der Waals surface area contributed by atoms with Gasteiger partial charge in [-0.05, 0) is 46.9 Å². The summed E-state index contributed by atoms with van der Waals surface area (Å²) in [5.74, 6) is 2.46. The molecule has 2 heterocycles. The highest BCUT2D eigenvalue weighted by atomic mass is 127. The van der Waals surface area contributed by atoms with Crippen molar-refractivity contribution in [2.45, 2.75) is 6.54 Å². The Morgan fingerprint density at radius 3 is 2.82 bits per heavy atom. The normalized spacial score (nSPS) is 10.7. The molecule has 0 unspecified atom stereocenters. The molecule has 0 aliphatic carbocycles.